The summed E-state index contributed by atoms with van der Waals surface area (Å²) in [6.07, 6.45) is 2.35. The van der Waals surface area contributed by atoms with Gasteiger partial charge in [0.25, 0.3) is 5.79 Å². The van der Waals surface area contributed by atoms with Crippen LogP contribution in [0.15, 0.2) is 29.8 Å². The van der Waals surface area contributed by atoms with E-state index in [0.717, 1.165) is 6.42 Å². The summed E-state index contributed by atoms with van der Waals surface area (Å²) in [6.45, 7) is 5.65. The van der Waals surface area contributed by atoms with Crippen LogP contribution in [0.25, 0.3) is 6.08 Å². The Hall–Kier alpha value is -2.30. The van der Waals surface area contributed by atoms with E-state index in [-0.39, 0.29) is 5.57 Å². The van der Waals surface area contributed by atoms with E-state index in [1.54, 1.807) is 18.2 Å². The maximum absolute atomic E-state index is 11.9. The normalized spacial score (nSPS) is 17.0. The second-order valence-corrected chi connectivity index (χ2v) is 5.16. The number of benzene rings is 1. The number of esters is 2. The Morgan fingerprint density at radius 1 is 1.19 bits per heavy atom. The highest BCUT2D eigenvalue weighted by molar-refractivity contribution is 6.18. The number of carbonyl (C=O) groups is 2. The van der Waals surface area contributed by atoms with Crippen LogP contribution in [-0.4, -0.2) is 24.3 Å². The first kappa shape index (κ1) is 15.1. The van der Waals surface area contributed by atoms with Crippen molar-refractivity contribution >= 4 is 18.0 Å². The summed E-state index contributed by atoms with van der Waals surface area (Å²) in [5.41, 5.74) is 0.550. The van der Waals surface area contributed by atoms with Crippen LogP contribution in [0.2, 0.25) is 0 Å². The molecule has 2 rings (SSSR count). The summed E-state index contributed by atoms with van der Waals surface area (Å²) in [5.74, 6) is -1.91. The molecule has 1 aromatic rings. The molecular weight excluding hydrogens is 272 g/mol. The van der Waals surface area contributed by atoms with Gasteiger partial charge >= 0.3 is 11.9 Å². The second kappa shape index (κ2) is 5.99. The SMILES string of the molecule is CCCOc1cccc(C=C2C(=O)OC(C)(C)OC2=O)c1. The monoisotopic (exact) mass is 290 g/mol. The Morgan fingerprint density at radius 2 is 1.86 bits per heavy atom. The molecule has 112 valence electrons. The maximum Gasteiger partial charge on any atom is 0.348 e. The largest absolute Gasteiger partial charge is 0.494 e. The lowest BCUT2D eigenvalue weighted by atomic mass is 10.1. The molecule has 1 aliphatic rings. The summed E-state index contributed by atoms with van der Waals surface area (Å²) < 4.78 is 15.6. The predicted octanol–water partition coefficient (Wildman–Crippen LogP) is 2.69. The molecule has 0 aliphatic carbocycles. The maximum atomic E-state index is 11.9. The molecule has 0 bridgehead atoms. The fourth-order valence-corrected chi connectivity index (χ4v) is 1.86. The molecule has 0 unspecified atom stereocenters. The summed E-state index contributed by atoms with van der Waals surface area (Å²) >= 11 is 0. The van der Waals surface area contributed by atoms with E-state index in [2.05, 4.69) is 0 Å². The molecule has 1 heterocycles. The van der Waals surface area contributed by atoms with Gasteiger partial charge in [-0.3, -0.25) is 0 Å². The molecule has 1 aromatic carbocycles. The summed E-state index contributed by atoms with van der Waals surface area (Å²) in [5, 5.41) is 0. The van der Waals surface area contributed by atoms with Crippen molar-refractivity contribution in [3.8, 4) is 5.75 Å². The molecule has 0 spiro atoms. The van der Waals surface area contributed by atoms with Crippen molar-refractivity contribution in [2.45, 2.75) is 33.0 Å². The minimum absolute atomic E-state index is 0.123. The van der Waals surface area contributed by atoms with Gasteiger partial charge in [0.15, 0.2) is 0 Å². The van der Waals surface area contributed by atoms with Crippen molar-refractivity contribution < 1.29 is 23.8 Å². The van der Waals surface area contributed by atoms with Gasteiger partial charge in [0.1, 0.15) is 11.3 Å². The highest BCUT2D eigenvalue weighted by Crippen LogP contribution is 2.25. The Balaban J connectivity index is 2.23. The average molecular weight is 290 g/mol. The van der Waals surface area contributed by atoms with Crippen LogP contribution in [-0.2, 0) is 19.1 Å². The van der Waals surface area contributed by atoms with Crippen LogP contribution in [0.3, 0.4) is 0 Å². The summed E-state index contributed by atoms with van der Waals surface area (Å²) in [6, 6.07) is 7.13. The van der Waals surface area contributed by atoms with Gasteiger partial charge in [0.05, 0.1) is 6.61 Å². The third-order valence-corrected chi connectivity index (χ3v) is 2.76. The van der Waals surface area contributed by atoms with E-state index in [1.165, 1.54) is 19.9 Å². The van der Waals surface area contributed by atoms with Crippen LogP contribution in [0.4, 0.5) is 0 Å². The second-order valence-electron chi connectivity index (χ2n) is 5.16. The number of hydrogen-bond donors (Lipinski definition) is 0. The number of hydrogen-bond acceptors (Lipinski definition) is 5. The molecule has 0 aromatic heterocycles. The number of cyclic esters (lactones) is 2. The fourth-order valence-electron chi connectivity index (χ4n) is 1.86. The topological polar surface area (TPSA) is 61.8 Å². The van der Waals surface area contributed by atoms with Gasteiger partial charge in [0.2, 0.25) is 0 Å². The minimum atomic E-state index is -1.22. The lowest BCUT2D eigenvalue weighted by Gasteiger charge is -2.29. The van der Waals surface area contributed by atoms with Crippen LogP contribution in [0, 0.1) is 0 Å². The highest BCUT2D eigenvalue weighted by atomic mass is 16.7. The van der Waals surface area contributed by atoms with Crippen LogP contribution >= 0.6 is 0 Å². The van der Waals surface area contributed by atoms with Gasteiger partial charge in [-0.05, 0) is 30.2 Å². The van der Waals surface area contributed by atoms with E-state index >= 15 is 0 Å². The fraction of sp³-hybridized carbons (Fsp3) is 0.375. The van der Waals surface area contributed by atoms with Crippen molar-refractivity contribution in [1.82, 2.24) is 0 Å². The quantitative estimate of drug-likeness (QED) is 0.484. The highest BCUT2D eigenvalue weighted by Gasteiger charge is 2.38. The minimum Gasteiger partial charge on any atom is -0.494 e. The molecule has 1 fully saturated rings. The molecule has 1 saturated heterocycles. The van der Waals surface area contributed by atoms with Crippen molar-refractivity contribution in [2.24, 2.45) is 0 Å². The standard InChI is InChI=1S/C16H18O5/c1-4-8-19-12-7-5-6-11(9-12)10-13-14(17)20-16(2,3)21-15(13)18/h5-7,9-10H,4,8H2,1-3H3. The molecule has 0 atom stereocenters. The van der Waals surface area contributed by atoms with Gasteiger partial charge in [-0.1, -0.05) is 19.1 Å². The molecule has 5 heteroatoms. The Morgan fingerprint density at radius 3 is 2.48 bits per heavy atom. The van der Waals surface area contributed by atoms with Crippen molar-refractivity contribution in [2.75, 3.05) is 6.61 Å². The summed E-state index contributed by atoms with van der Waals surface area (Å²) in [7, 11) is 0. The van der Waals surface area contributed by atoms with Gasteiger partial charge in [-0.15, -0.1) is 0 Å². The first-order valence-corrected chi connectivity index (χ1v) is 6.82. The van der Waals surface area contributed by atoms with Gasteiger partial charge in [-0.2, -0.15) is 0 Å². The van der Waals surface area contributed by atoms with E-state index in [1.807, 2.05) is 13.0 Å². The lowest BCUT2D eigenvalue weighted by molar-refractivity contribution is -0.222. The molecule has 0 amide bonds. The molecular formula is C16H18O5. The lowest BCUT2D eigenvalue weighted by Crippen LogP contribution is -2.41. The number of ether oxygens (including phenoxy) is 3. The first-order valence-electron chi connectivity index (χ1n) is 6.82. The van der Waals surface area contributed by atoms with Crippen LogP contribution in [0.1, 0.15) is 32.8 Å². The van der Waals surface area contributed by atoms with E-state index in [9.17, 15) is 9.59 Å². The number of rotatable bonds is 4. The molecule has 1 aliphatic heterocycles. The van der Waals surface area contributed by atoms with Gasteiger partial charge < -0.3 is 14.2 Å². The Kier molecular flexibility index (Phi) is 4.31. The van der Waals surface area contributed by atoms with Gasteiger partial charge in [-0.25, -0.2) is 9.59 Å². The van der Waals surface area contributed by atoms with Crippen LogP contribution < -0.4 is 4.74 Å². The van der Waals surface area contributed by atoms with E-state index < -0.39 is 17.7 Å². The number of carbonyl (C=O) groups excluding carboxylic acids is 2. The Labute approximate surface area is 123 Å². The first-order chi connectivity index (χ1) is 9.91. The average Bonchev–Trinajstić information content (AvgIpc) is 2.40. The molecule has 21 heavy (non-hydrogen) atoms. The third-order valence-electron chi connectivity index (χ3n) is 2.76. The zero-order chi connectivity index (χ0) is 15.5. The molecule has 0 saturated carbocycles. The van der Waals surface area contributed by atoms with Crippen molar-refractivity contribution in [3.63, 3.8) is 0 Å². The molecule has 0 N–H and O–H groups in total. The van der Waals surface area contributed by atoms with Crippen molar-refractivity contribution in [1.29, 1.82) is 0 Å². The zero-order valence-corrected chi connectivity index (χ0v) is 12.3. The van der Waals surface area contributed by atoms with Crippen LogP contribution in [0.5, 0.6) is 5.75 Å². The third kappa shape index (κ3) is 3.84. The Bertz CT molecular complexity index is 564. The predicted molar refractivity (Wildman–Crippen MR) is 76.5 cm³/mol. The van der Waals surface area contributed by atoms with Crippen molar-refractivity contribution in [3.05, 3.63) is 35.4 Å². The smallest absolute Gasteiger partial charge is 0.348 e. The van der Waals surface area contributed by atoms with E-state index in [0.29, 0.717) is 17.9 Å². The summed E-state index contributed by atoms with van der Waals surface area (Å²) in [4.78, 5) is 23.7. The molecule has 0 radical (unpaired) electrons. The zero-order valence-electron chi connectivity index (χ0n) is 12.3. The van der Waals surface area contributed by atoms with E-state index in [4.69, 9.17) is 14.2 Å². The molecule has 5 nitrogen and oxygen atoms in total. The van der Waals surface area contributed by atoms with Gasteiger partial charge in [0, 0.05) is 13.8 Å².